The fourth-order valence-electron chi connectivity index (χ4n) is 1.81. The van der Waals surface area contributed by atoms with Crippen LogP contribution in [0.5, 0.6) is 0 Å². The van der Waals surface area contributed by atoms with Crippen LogP contribution in [0.4, 0.5) is 0 Å². The van der Waals surface area contributed by atoms with Crippen LogP contribution in [-0.4, -0.2) is 30.1 Å². The first-order valence-electron chi connectivity index (χ1n) is 5.84. The summed E-state index contributed by atoms with van der Waals surface area (Å²) in [7, 11) is 0. The molecule has 0 aliphatic heterocycles. The fraction of sp³-hybridized carbons (Fsp3) is 0.833. The Morgan fingerprint density at radius 3 is 2.71 bits per heavy atom. The van der Waals surface area contributed by atoms with E-state index in [1.807, 2.05) is 6.08 Å². The van der Waals surface area contributed by atoms with Crippen LogP contribution < -0.4 is 5.73 Å². The van der Waals surface area contributed by atoms with Gasteiger partial charge in [0.25, 0.3) is 0 Å². The first-order valence-corrected chi connectivity index (χ1v) is 5.84. The smallest absolute Gasteiger partial charge is 0.0163 e. The minimum Gasteiger partial charge on any atom is -0.328 e. The maximum absolute atomic E-state index is 5.71. The number of unbranched alkanes of at least 4 members (excludes halogenated alkanes) is 1. The van der Waals surface area contributed by atoms with Crippen LogP contribution in [0.2, 0.25) is 0 Å². The second-order valence-electron chi connectivity index (χ2n) is 4.49. The molecule has 2 heteroatoms. The van der Waals surface area contributed by atoms with Crippen LogP contribution >= 0.6 is 0 Å². The molecule has 1 atom stereocenters. The molecule has 0 heterocycles. The van der Waals surface area contributed by atoms with Crippen molar-refractivity contribution in [2.75, 3.05) is 13.1 Å². The molecule has 1 fully saturated rings. The number of hydrogen-bond acceptors (Lipinski definition) is 2. The average Bonchev–Trinajstić information content (AvgIpc) is 2.93. The molecule has 0 aromatic heterocycles. The molecule has 0 radical (unpaired) electrons. The molecule has 1 unspecified atom stereocenters. The van der Waals surface area contributed by atoms with E-state index in [0.717, 1.165) is 19.0 Å². The van der Waals surface area contributed by atoms with Crippen molar-refractivity contribution in [1.82, 2.24) is 4.90 Å². The summed E-state index contributed by atoms with van der Waals surface area (Å²) < 4.78 is 0. The van der Waals surface area contributed by atoms with Gasteiger partial charge in [-0.05, 0) is 39.2 Å². The van der Waals surface area contributed by atoms with Crippen LogP contribution in [0.15, 0.2) is 12.7 Å². The highest BCUT2D eigenvalue weighted by Gasteiger charge is 2.27. The summed E-state index contributed by atoms with van der Waals surface area (Å²) in [5.41, 5.74) is 5.71. The zero-order valence-corrected chi connectivity index (χ0v) is 9.41. The molecule has 14 heavy (non-hydrogen) atoms. The van der Waals surface area contributed by atoms with Gasteiger partial charge in [0.1, 0.15) is 0 Å². The van der Waals surface area contributed by atoms with Crippen LogP contribution in [-0.2, 0) is 0 Å². The Morgan fingerprint density at radius 1 is 1.50 bits per heavy atom. The lowest BCUT2D eigenvalue weighted by Gasteiger charge is -2.19. The lowest BCUT2D eigenvalue weighted by Crippen LogP contribution is -2.27. The molecule has 0 spiro atoms. The Morgan fingerprint density at radius 2 is 2.21 bits per heavy atom. The summed E-state index contributed by atoms with van der Waals surface area (Å²) in [6.07, 6.45) is 8.50. The summed E-state index contributed by atoms with van der Waals surface area (Å²) in [6.45, 7) is 8.18. The number of rotatable bonds is 8. The van der Waals surface area contributed by atoms with Gasteiger partial charge in [0.15, 0.2) is 0 Å². The zero-order valence-electron chi connectivity index (χ0n) is 9.41. The van der Waals surface area contributed by atoms with Crippen molar-refractivity contribution < 1.29 is 0 Å². The largest absolute Gasteiger partial charge is 0.328 e. The van der Waals surface area contributed by atoms with Gasteiger partial charge >= 0.3 is 0 Å². The van der Waals surface area contributed by atoms with Gasteiger partial charge in [-0.15, -0.1) is 6.58 Å². The molecule has 82 valence electrons. The molecular weight excluding hydrogens is 172 g/mol. The minimum atomic E-state index is 0.365. The topological polar surface area (TPSA) is 29.3 Å². The average molecular weight is 196 g/mol. The molecule has 2 nitrogen and oxygen atoms in total. The van der Waals surface area contributed by atoms with E-state index < -0.39 is 0 Å². The van der Waals surface area contributed by atoms with E-state index >= 15 is 0 Å². The summed E-state index contributed by atoms with van der Waals surface area (Å²) >= 11 is 0. The molecule has 1 aliphatic carbocycles. The van der Waals surface area contributed by atoms with Gasteiger partial charge in [-0.1, -0.05) is 12.5 Å². The summed E-state index contributed by atoms with van der Waals surface area (Å²) in [6, 6.07) is 1.23. The van der Waals surface area contributed by atoms with Crippen LogP contribution in [0.1, 0.15) is 39.0 Å². The third-order valence-electron chi connectivity index (χ3n) is 2.78. The maximum atomic E-state index is 5.71. The van der Waals surface area contributed by atoms with Crippen LogP contribution in [0.25, 0.3) is 0 Å². The predicted molar refractivity (Wildman–Crippen MR) is 62.3 cm³/mol. The van der Waals surface area contributed by atoms with Crippen molar-refractivity contribution in [3.8, 4) is 0 Å². The van der Waals surface area contributed by atoms with Gasteiger partial charge < -0.3 is 5.73 Å². The molecule has 0 amide bonds. The third kappa shape index (κ3) is 4.77. The van der Waals surface area contributed by atoms with Crippen molar-refractivity contribution in [3.05, 3.63) is 12.7 Å². The van der Waals surface area contributed by atoms with Gasteiger partial charge in [0.2, 0.25) is 0 Å². The van der Waals surface area contributed by atoms with E-state index in [0.29, 0.717) is 6.04 Å². The molecular formula is C12H24N2. The fourth-order valence-corrected chi connectivity index (χ4v) is 1.81. The van der Waals surface area contributed by atoms with E-state index in [1.54, 1.807) is 0 Å². The lowest BCUT2D eigenvalue weighted by atomic mass is 10.1. The van der Waals surface area contributed by atoms with Gasteiger partial charge in [0, 0.05) is 18.6 Å². The monoisotopic (exact) mass is 196 g/mol. The number of hydrogen-bond donors (Lipinski definition) is 1. The second-order valence-corrected chi connectivity index (χ2v) is 4.49. The molecule has 0 saturated heterocycles. The van der Waals surface area contributed by atoms with Gasteiger partial charge in [-0.3, -0.25) is 4.90 Å². The first kappa shape index (κ1) is 11.7. The van der Waals surface area contributed by atoms with Crippen LogP contribution in [0.3, 0.4) is 0 Å². The maximum Gasteiger partial charge on any atom is 0.0163 e. The highest BCUT2D eigenvalue weighted by atomic mass is 15.2. The first-order chi connectivity index (χ1) is 6.74. The quantitative estimate of drug-likeness (QED) is 0.476. The zero-order chi connectivity index (χ0) is 10.4. The van der Waals surface area contributed by atoms with Crippen molar-refractivity contribution >= 4 is 0 Å². The number of nitrogens with zero attached hydrogens (tertiary/aromatic N) is 1. The van der Waals surface area contributed by atoms with Crippen molar-refractivity contribution in [2.45, 2.75) is 51.1 Å². The highest BCUT2D eigenvalue weighted by Crippen LogP contribution is 2.26. The Bertz CT molecular complexity index is 162. The van der Waals surface area contributed by atoms with Gasteiger partial charge in [0.05, 0.1) is 0 Å². The Hall–Kier alpha value is -0.340. The van der Waals surface area contributed by atoms with E-state index in [9.17, 15) is 0 Å². The van der Waals surface area contributed by atoms with Crippen LogP contribution in [0, 0.1) is 0 Å². The van der Waals surface area contributed by atoms with Crippen molar-refractivity contribution in [2.24, 2.45) is 5.73 Å². The SMILES string of the molecule is C=CCN(CCCCC(C)N)C1CC1. The molecule has 1 aliphatic rings. The molecule has 1 rings (SSSR count). The normalized spacial score (nSPS) is 18.5. The molecule has 2 N–H and O–H groups in total. The van der Waals surface area contributed by atoms with E-state index in [2.05, 4.69) is 18.4 Å². The standard InChI is InChI=1S/C12H24N2/c1-3-9-14(12-7-8-12)10-5-4-6-11(2)13/h3,11-12H,1,4-10,13H2,2H3. The van der Waals surface area contributed by atoms with Crippen molar-refractivity contribution in [1.29, 1.82) is 0 Å². The Labute approximate surface area is 88.2 Å². The molecule has 0 bridgehead atoms. The highest BCUT2D eigenvalue weighted by molar-refractivity contribution is 4.88. The molecule has 1 saturated carbocycles. The summed E-state index contributed by atoms with van der Waals surface area (Å²) in [5.74, 6) is 0. The number of nitrogens with two attached hydrogens (primary N) is 1. The summed E-state index contributed by atoms with van der Waals surface area (Å²) in [5, 5.41) is 0. The molecule has 0 aromatic carbocycles. The van der Waals surface area contributed by atoms with Gasteiger partial charge in [-0.2, -0.15) is 0 Å². The second kappa shape index (κ2) is 6.20. The third-order valence-corrected chi connectivity index (χ3v) is 2.78. The van der Waals surface area contributed by atoms with E-state index in [-0.39, 0.29) is 0 Å². The lowest BCUT2D eigenvalue weighted by molar-refractivity contribution is 0.283. The van der Waals surface area contributed by atoms with Crippen molar-refractivity contribution in [3.63, 3.8) is 0 Å². The summed E-state index contributed by atoms with van der Waals surface area (Å²) in [4.78, 5) is 2.55. The predicted octanol–water partition coefficient (Wildman–Crippen LogP) is 2.15. The molecule has 0 aromatic rings. The van der Waals surface area contributed by atoms with E-state index in [4.69, 9.17) is 5.73 Å². The van der Waals surface area contributed by atoms with Gasteiger partial charge in [-0.25, -0.2) is 0 Å². The minimum absolute atomic E-state index is 0.365. The Balaban J connectivity index is 2.04. The van der Waals surface area contributed by atoms with E-state index in [1.165, 1.54) is 32.2 Å². The Kier molecular flexibility index (Phi) is 5.20.